The molecular formula is C33H51F5N4O3. The van der Waals surface area contributed by atoms with E-state index in [0.717, 1.165) is 57.9 Å². The van der Waals surface area contributed by atoms with Crippen molar-refractivity contribution in [3.63, 3.8) is 0 Å². The van der Waals surface area contributed by atoms with Crippen molar-refractivity contribution in [2.45, 2.75) is 124 Å². The molecule has 1 aromatic heterocycles. The summed E-state index contributed by atoms with van der Waals surface area (Å²) in [6.45, 7) is 15.7. The Bertz CT molecular complexity index is 1210. The second-order valence-corrected chi connectivity index (χ2v) is 11.3. The molecule has 0 spiro atoms. The molecule has 1 aliphatic carbocycles. The van der Waals surface area contributed by atoms with Gasteiger partial charge in [0.15, 0.2) is 5.78 Å². The van der Waals surface area contributed by atoms with Gasteiger partial charge < -0.3 is 9.64 Å². The Morgan fingerprint density at radius 1 is 1.16 bits per heavy atom. The van der Waals surface area contributed by atoms with Gasteiger partial charge in [-0.1, -0.05) is 53.5 Å². The molecule has 256 valence electrons. The summed E-state index contributed by atoms with van der Waals surface area (Å²) in [6.07, 6.45) is 5.34. The molecule has 1 N–H and O–H groups in total. The van der Waals surface area contributed by atoms with Crippen molar-refractivity contribution in [2.75, 3.05) is 19.7 Å². The topological polar surface area (TPSA) is 87.7 Å². The van der Waals surface area contributed by atoms with E-state index < -0.39 is 23.2 Å². The molecule has 1 saturated heterocycles. The predicted octanol–water partition coefficient (Wildman–Crippen LogP) is 8.26. The van der Waals surface area contributed by atoms with Gasteiger partial charge in [-0.05, 0) is 63.5 Å². The summed E-state index contributed by atoms with van der Waals surface area (Å²) in [5.74, 6) is -1.86. The number of allylic oxidation sites excluding steroid dienone is 3. The maximum absolute atomic E-state index is 13.5. The number of aliphatic imine (C=N–C) groups is 1. The molecule has 12 heteroatoms. The van der Waals surface area contributed by atoms with E-state index in [1.54, 1.807) is 6.92 Å². The van der Waals surface area contributed by atoms with Crippen LogP contribution in [0.2, 0.25) is 0 Å². The molecule has 1 fully saturated rings. The normalized spacial score (nSPS) is 18.6. The molecule has 1 aliphatic heterocycles. The molecular weight excluding hydrogens is 595 g/mol. The smallest absolute Gasteiger partial charge is 0.370 e. The van der Waals surface area contributed by atoms with Crippen LogP contribution in [-0.4, -0.2) is 58.8 Å². The van der Waals surface area contributed by atoms with Gasteiger partial charge in [-0.25, -0.2) is 18.9 Å². The lowest BCUT2D eigenvalue weighted by Gasteiger charge is -2.33. The average molecular weight is 647 g/mol. The van der Waals surface area contributed by atoms with E-state index in [-0.39, 0.29) is 47.9 Å². The fourth-order valence-electron chi connectivity index (χ4n) is 5.23. The molecule has 0 bridgehead atoms. The van der Waals surface area contributed by atoms with Crippen LogP contribution in [-0.2, 0) is 22.1 Å². The Morgan fingerprint density at radius 3 is 2.27 bits per heavy atom. The van der Waals surface area contributed by atoms with Gasteiger partial charge in [0.1, 0.15) is 18.0 Å². The molecule has 0 amide bonds. The zero-order valence-corrected chi connectivity index (χ0v) is 28.0. The number of carbonyl (C=O) groups is 1. The molecule has 2 unspecified atom stereocenters. The van der Waals surface area contributed by atoms with Gasteiger partial charge >= 0.3 is 6.18 Å². The lowest BCUT2D eigenvalue weighted by atomic mass is 9.90. The third-order valence-corrected chi connectivity index (χ3v) is 7.84. The molecule has 0 saturated carbocycles. The van der Waals surface area contributed by atoms with Crippen molar-refractivity contribution >= 4 is 12.0 Å². The van der Waals surface area contributed by atoms with Crippen molar-refractivity contribution in [1.29, 1.82) is 0 Å². The quantitative estimate of drug-likeness (QED) is 0.193. The monoisotopic (exact) mass is 646 g/mol. The van der Waals surface area contributed by atoms with Crippen LogP contribution in [0.3, 0.4) is 0 Å². The lowest BCUT2D eigenvalue weighted by molar-refractivity contribution is -0.139. The summed E-state index contributed by atoms with van der Waals surface area (Å²) < 4.78 is 71.2. The number of fused-ring (bicyclic) bond motifs is 1. The van der Waals surface area contributed by atoms with Gasteiger partial charge in [-0.2, -0.15) is 18.3 Å². The number of Topliss-reactive ketones (excluding diaryl/α,β-unsaturated/α-hetero) is 1. The maximum Gasteiger partial charge on any atom is 0.422 e. The zero-order chi connectivity index (χ0) is 34.4. The minimum atomic E-state index is -4.61. The maximum atomic E-state index is 13.5. The van der Waals surface area contributed by atoms with Crippen LogP contribution in [0, 0.1) is 5.92 Å². The summed E-state index contributed by atoms with van der Waals surface area (Å²) >= 11 is 0. The van der Waals surface area contributed by atoms with Crippen molar-refractivity contribution in [2.24, 2.45) is 10.9 Å². The van der Waals surface area contributed by atoms with Gasteiger partial charge in [-0.15, -0.1) is 0 Å². The highest BCUT2D eigenvalue weighted by Crippen LogP contribution is 2.42. The standard InChI is InChI=1S/C19H30F2N2O2.C12H15F3N2O.C2H6/c1-5-7-8-18(22-13-16(6-2)19(4,20)21)23-11-9-17(10-12-23)25-14-15(3)24;1-3-6(2)7-4-5-8-9(12(13,14)15)11(18)17-16-10(7)8;1-2/h6,8,13,17H,5,7,9-12,14H2,1-4H3;6-7H,3-5H2,1-2H3,(H,17,18);1-2H3/b16-6+,18-8+,22-13-;;. The Hall–Kier alpha value is -2.89. The zero-order valence-electron chi connectivity index (χ0n) is 28.0. The van der Waals surface area contributed by atoms with E-state index in [4.69, 9.17) is 4.74 Å². The molecule has 7 nitrogen and oxygen atoms in total. The number of hydrogen-bond acceptors (Lipinski definition) is 6. The van der Waals surface area contributed by atoms with Crippen LogP contribution in [0.15, 0.2) is 33.3 Å². The van der Waals surface area contributed by atoms with Gasteiger partial charge in [0.2, 0.25) is 0 Å². The number of piperidine rings is 1. The number of ketones is 1. The third kappa shape index (κ3) is 12.4. The number of nitrogens with zero attached hydrogens (tertiary/aromatic N) is 3. The first kappa shape index (κ1) is 40.1. The van der Waals surface area contributed by atoms with E-state index in [1.807, 2.05) is 38.9 Å². The Kier molecular flexibility index (Phi) is 16.9. The number of ether oxygens (including phenoxy) is 1. The molecule has 2 atom stereocenters. The van der Waals surface area contributed by atoms with Crippen LogP contribution in [0.4, 0.5) is 22.0 Å². The molecule has 0 aromatic carbocycles. The largest absolute Gasteiger partial charge is 0.422 e. The van der Waals surface area contributed by atoms with Crippen molar-refractivity contribution in [3.8, 4) is 0 Å². The first-order valence-corrected chi connectivity index (χ1v) is 16.0. The van der Waals surface area contributed by atoms with Gasteiger partial charge in [0.25, 0.3) is 11.5 Å². The predicted molar refractivity (Wildman–Crippen MR) is 169 cm³/mol. The molecule has 2 heterocycles. The fraction of sp³-hybridized carbons (Fsp3) is 0.697. The number of hydrogen-bond donors (Lipinski definition) is 1. The van der Waals surface area contributed by atoms with Crippen molar-refractivity contribution < 1.29 is 31.5 Å². The number of H-pyrrole nitrogens is 1. The molecule has 0 radical (unpaired) electrons. The first-order valence-electron chi connectivity index (χ1n) is 16.0. The number of carbonyl (C=O) groups excluding carboxylic acids is 1. The molecule has 3 rings (SSSR count). The van der Waals surface area contributed by atoms with Crippen LogP contribution >= 0.6 is 0 Å². The fourth-order valence-corrected chi connectivity index (χ4v) is 5.23. The number of unbranched alkanes of at least 4 members (excludes halogenated alkanes) is 1. The number of aromatic nitrogens is 2. The minimum Gasteiger partial charge on any atom is -0.370 e. The Labute approximate surface area is 264 Å². The Balaban J connectivity index is 0.000000445. The number of rotatable bonds is 11. The van der Waals surface area contributed by atoms with Gasteiger partial charge in [0.05, 0.1) is 11.8 Å². The molecule has 2 aliphatic rings. The summed E-state index contributed by atoms with van der Waals surface area (Å²) in [5, 5.41) is 5.84. The number of halogens is 5. The minimum absolute atomic E-state index is 0.0166. The van der Waals surface area contributed by atoms with E-state index in [1.165, 1.54) is 19.2 Å². The van der Waals surface area contributed by atoms with Crippen LogP contribution < -0.4 is 5.56 Å². The summed E-state index contributed by atoms with van der Waals surface area (Å²) in [4.78, 5) is 28.8. The van der Waals surface area contributed by atoms with E-state index >= 15 is 0 Å². The summed E-state index contributed by atoms with van der Waals surface area (Å²) in [5.41, 5.74) is -1.76. The summed E-state index contributed by atoms with van der Waals surface area (Å²) in [7, 11) is 0. The highest BCUT2D eigenvalue weighted by molar-refractivity contribution is 5.81. The molecule has 1 aromatic rings. The van der Waals surface area contributed by atoms with E-state index in [2.05, 4.69) is 21.9 Å². The Morgan fingerprint density at radius 2 is 1.78 bits per heavy atom. The second kappa shape index (κ2) is 18.9. The van der Waals surface area contributed by atoms with Crippen LogP contribution in [0.1, 0.15) is 117 Å². The number of aromatic amines is 1. The first-order chi connectivity index (χ1) is 21.1. The van der Waals surface area contributed by atoms with Gasteiger partial charge in [-0.3, -0.25) is 9.59 Å². The van der Waals surface area contributed by atoms with E-state index in [9.17, 15) is 31.5 Å². The lowest BCUT2D eigenvalue weighted by Crippen LogP contribution is -2.36. The number of alkyl halides is 5. The van der Waals surface area contributed by atoms with Gasteiger partial charge in [0, 0.05) is 37.7 Å². The SMILES string of the molecule is CC.CCC(C)C1CCc2c1n[nH]c(=O)c2C(F)(F)F.C\C=C(/C=N\C(=C/CCC)N1CCC(OCC(C)=O)CC1)C(C)(F)F. The number of nitrogens with one attached hydrogen (secondary N) is 1. The third-order valence-electron chi connectivity index (χ3n) is 7.84. The van der Waals surface area contributed by atoms with Crippen molar-refractivity contribution in [3.05, 3.63) is 50.7 Å². The second-order valence-electron chi connectivity index (χ2n) is 11.3. The van der Waals surface area contributed by atoms with E-state index in [0.29, 0.717) is 12.1 Å². The highest BCUT2D eigenvalue weighted by Gasteiger charge is 2.42. The number of likely N-dealkylation sites (tertiary alicyclic amines) is 1. The summed E-state index contributed by atoms with van der Waals surface area (Å²) in [6, 6.07) is 0. The van der Waals surface area contributed by atoms with Crippen LogP contribution in [0.5, 0.6) is 0 Å². The van der Waals surface area contributed by atoms with Crippen LogP contribution in [0.25, 0.3) is 0 Å². The highest BCUT2D eigenvalue weighted by atomic mass is 19.4. The average Bonchev–Trinajstić information content (AvgIpc) is 3.41. The van der Waals surface area contributed by atoms with Crippen molar-refractivity contribution in [1.82, 2.24) is 15.1 Å². The molecule has 45 heavy (non-hydrogen) atoms.